The number of carbonyl (C=O) groups excluding carboxylic acids is 1. The molecular weight excluding hydrogens is 462 g/mol. The largest absolute Gasteiger partial charge is 0.478 e. The van der Waals surface area contributed by atoms with Gasteiger partial charge in [-0.3, -0.25) is 9.32 Å². The predicted octanol–water partition coefficient (Wildman–Crippen LogP) is 1.31. The number of hydrogen-bond donors (Lipinski definition) is 4. The zero-order chi connectivity index (χ0) is 25.2. The number of carbonyl (C=O) groups is 2. The number of H-pyrrole nitrogens is 1. The van der Waals surface area contributed by atoms with E-state index in [1.54, 1.807) is 19.9 Å². The summed E-state index contributed by atoms with van der Waals surface area (Å²) in [5, 5.41) is 32.8. The first-order valence-electron chi connectivity index (χ1n) is 9.62. The fourth-order valence-electron chi connectivity index (χ4n) is 3.08. The number of aromatic nitrogens is 3. The number of aromatic carboxylic acids is 1. The van der Waals surface area contributed by atoms with E-state index in [4.69, 9.17) is 10.3 Å². The molecule has 3 aromatic rings. The van der Waals surface area contributed by atoms with Crippen molar-refractivity contribution in [2.45, 2.75) is 24.1 Å². The average molecular weight is 480 g/mol. The summed E-state index contributed by atoms with van der Waals surface area (Å²) in [5.74, 6) is -1.85. The van der Waals surface area contributed by atoms with Crippen molar-refractivity contribution in [1.82, 2.24) is 10.3 Å². The lowest BCUT2D eigenvalue weighted by Gasteiger charge is -2.15. The molecule has 1 atom stereocenters. The Bertz CT molecular complexity index is 1460. The van der Waals surface area contributed by atoms with E-state index in [9.17, 15) is 30.0 Å². The molecule has 1 unspecified atom stereocenters. The number of aryl methyl sites for hydroxylation is 2. The molecule has 0 aliphatic heterocycles. The van der Waals surface area contributed by atoms with Crippen molar-refractivity contribution in [3.05, 3.63) is 50.9 Å². The number of aromatic amines is 1. The number of amides is 1. The minimum Gasteiger partial charge on any atom is -0.478 e. The van der Waals surface area contributed by atoms with Crippen LogP contribution in [0, 0.1) is 29.6 Å². The van der Waals surface area contributed by atoms with Gasteiger partial charge in [-0.15, -0.1) is 0 Å². The summed E-state index contributed by atoms with van der Waals surface area (Å²) in [4.78, 5) is 40.4. The van der Waals surface area contributed by atoms with Crippen molar-refractivity contribution in [3.63, 3.8) is 0 Å². The van der Waals surface area contributed by atoms with Gasteiger partial charge in [-0.25, -0.2) is 14.6 Å². The molecule has 2 aromatic heterocycles. The third-order valence-corrected chi connectivity index (χ3v) is 5.94. The van der Waals surface area contributed by atoms with Crippen LogP contribution < -0.4 is 21.4 Å². The number of rotatable bonds is 6. The second-order valence-electron chi connectivity index (χ2n) is 7.12. The molecule has 0 aliphatic carbocycles. The minimum atomic E-state index is -1.14. The van der Waals surface area contributed by atoms with Gasteiger partial charge in [0, 0.05) is 5.69 Å². The molecule has 0 bridgehead atoms. The average Bonchev–Trinajstić information content (AvgIpc) is 3.12. The number of anilines is 2. The SMILES string of the molecule is Cc1ccc(C(=O)O)cc1NC(=O)C(C)Sc1nc(N)c(C#N)c(-c2c(=O)o[nH][n+]2C)c1C#N. The number of pyridine rings is 1. The Balaban J connectivity index is 2.00. The number of nitrogens with zero attached hydrogens (tertiary/aromatic N) is 4. The highest BCUT2D eigenvalue weighted by Crippen LogP contribution is 2.35. The van der Waals surface area contributed by atoms with Crippen LogP contribution in [0.15, 0.2) is 32.5 Å². The van der Waals surface area contributed by atoms with Crippen LogP contribution >= 0.6 is 11.8 Å². The van der Waals surface area contributed by atoms with E-state index in [0.29, 0.717) is 11.3 Å². The summed E-state index contributed by atoms with van der Waals surface area (Å²) in [6, 6.07) is 8.13. The van der Waals surface area contributed by atoms with Gasteiger partial charge in [-0.05, 0) is 36.8 Å². The summed E-state index contributed by atoms with van der Waals surface area (Å²) in [6.07, 6.45) is 0. The predicted molar refractivity (Wildman–Crippen MR) is 120 cm³/mol. The zero-order valence-electron chi connectivity index (χ0n) is 18.2. The number of benzene rings is 1. The Morgan fingerprint density at radius 2 is 2.00 bits per heavy atom. The number of nitrogens with two attached hydrogens (primary N) is 1. The third-order valence-electron chi connectivity index (χ3n) is 4.86. The van der Waals surface area contributed by atoms with E-state index < -0.39 is 22.8 Å². The molecule has 172 valence electrons. The van der Waals surface area contributed by atoms with E-state index >= 15 is 0 Å². The topological polar surface area (TPSA) is 203 Å². The molecule has 1 aromatic carbocycles. The summed E-state index contributed by atoms with van der Waals surface area (Å²) in [7, 11) is 1.45. The van der Waals surface area contributed by atoms with Crippen LogP contribution in [-0.4, -0.2) is 32.5 Å². The Labute approximate surface area is 196 Å². The summed E-state index contributed by atoms with van der Waals surface area (Å²) in [5.41, 5.74) is 5.63. The number of carboxylic acid groups (broad SMARTS) is 1. The maximum absolute atomic E-state index is 12.8. The maximum atomic E-state index is 12.8. The molecule has 1 amide bonds. The van der Waals surface area contributed by atoms with Crippen molar-refractivity contribution in [1.29, 1.82) is 10.5 Å². The van der Waals surface area contributed by atoms with Gasteiger partial charge in [-0.1, -0.05) is 22.5 Å². The molecule has 13 heteroatoms. The first-order valence-corrected chi connectivity index (χ1v) is 10.5. The van der Waals surface area contributed by atoms with Crippen LogP contribution in [0.5, 0.6) is 0 Å². The summed E-state index contributed by atoms with van der Waals surface area (Å²) in [6.45, 7) is 3.27. The maximum Gasteiger partial charge on any atom is 0.435 e. The number of nitrogens with one attached hydrogen (secondary N) is 2. The molecule has 34 heavy (non-hydrogen) atoms. The lowest BCUT2D eigenvalue weighted by atomic mass is 10.0. The molecular formula is C21H18N7O5S+. The van der Waals surface area contributed by atoms with Crippen LogP contribution in [0.25, 0.3) is 11.3 Å². The van der Waals surface area contributed by atoms with E-state index in [-0.39, 0.29) is 38.8 Å². The Morgan fingerprint density at radius 3 is 2.56 bits per heavy atom. The fraction of sp³-hybridized carbons (Fsp3) is 0.190. The number of thioether (sulfide) groups is 1. The smallest absolute Gasteiger partial charge is 0.435 e. The van der Waals surface area contributed by atoms with Gasteiger partial charge < -0.3 is 16.2 Å². The van der Waals surface area contributed by atoms with Crippen molar-refractivity contribution in [2.24, 2.45) is 7.05 Å². The number of hydrogen-bond acceptors (Lipinski definition) is 9. The molecule has 12 nitrogen and oxygen atoms in total. The second kappa shape index (κ2) is 9.48. The molecule has 0 spiro atoms. The monoisotopic (exact) mass is 480 g/mol. The highest BCUT2D eigenvalue weighted by atomic mass is 32.2. The molecule has 0 saturated carbocycles. The molecule has 0 saturated heterocycles. The summed E-state index contributed by atoms with van der Waals surface area (Å²) < 4.78 is 5.94. The van der Waals surface area contributed by atoms with Crippen LogP contribution in [0.1, 0.15) is 34.0 Å². The molecule has 2 heterocycles. The van der Waals surface area contributed by atoms with Gasteiger partial charge in [0.15, 0.2) is 7.05 Å². The minimum absolute atomic E-state index is 0.0114. The molecule has 0 fully saturated rings. The van der Waals surface area contributed by atoms with Gasteiger partial charge in [0.05, 0.1) is 16.4 Å². The Kier molecular flexibility index (Phi) is 6.70. The van der Waals surface area contributed by atoms with Crippen molar-refractivity contribution < 1.29 is 23.9 Å². The van der Waals surface area contributed by atoms with Crippen molar-refractivity contribution >= 4 is 35.1 Å². The van der Waals surface area contributed by atoms with Crippen LogP contribution in [0.3, 0.4) is 0 Å². The zero-order valence-corrected chi connectivity index (χ0v) is 19.0. The van der Waals surface area contributed by atoms with Crippen LogP contribution in [0.4, 0.5) is 11.5 Å². The quantitative estimate of drug-likeness (QED) is 0.294. The fourth-order valence-corrected chi connectivity index (χ4v) is 3.99. The lowest BCUT2D eigenvalue weighted by molar-refractivity contribution is -0.730. The van der Waals surface area contributed by atoms with Crippen molar-refractivity contribution in [2.75, 3.05) is 11.1 Å². The molecule has 0 aliphatic rings. The van der Waals surface area contributed by atoms with E-state index in [2.05, 4.69) is 15.6 Å². The molecule has 5 N–H and O–H groups in total. The Hall–Kier alpha value is -4.62. The van der Waals surface area contributed by atoms with Crippen LogP contribution in [0.2, 0.25) is 0 Å². The first kappa shape index (κ1) is 24.0. The highest BCUT2D eigenvalue weighted by molar-refractivity contribution is 8.00. The lowest BCUT2D eigenvalue weighted by Crippen LogP contribution is -2.34. The van der Waals surface area contributed by atoms with E-state index in [1.807, 2.05) is 12.1 Å². The highest BCUT2D eigenvalue weighted by Gasteiger charge is 2.32. The van der Waals surface area contributed by atoms with Gasteiger partial charge in [0.2, 0.25) is 5.91 Å². The third kappa shape index (κ3) is 4.46. The van der Waals surface area contributed by atoms with Crippen molar-refractivity contribution in [3.8, 4) is 23.4 Å². The summed E-state index contributed by atoms with van der Waals surface area (Å²) >= 11 is 0.891. The normalized spacial score (nSPS) is 11.3. The molecule has 0 radical (unpaired) electrons. The van der Waals surface area contributed by atoms with Gasteiger partial charge in [0.1, 0.15) is 34.1 Å². The first-order chi connectivity index (χ1) is 16.1. The number of nitrogen functional groups attached to an aromatic ring is 1. The number of carboxylic acids is 1. The second-order valence-corrected chi connectivity index (χ2v) is 8.45. The van der Waals surface area contributed by atoms with E-state index in [1.165, 1.54) is 23.9 Å². The Morgan fingerprint density at radius 1 is 1.32 bits per heavy atom. The molecule has 3 rings (SSSR count). The van der Waals surface area contributed by atoms with Gasteiger partial charge in [0.25, 0.3) is 0 Å². The van der Waals surface area contributed by atoms with Gasteiger partial charge in [-0.2, -0.15) is 10.5 Å². The van der Waals surface area contributed by atoms with Crippen LogP contribution in [-0.2, 0) is 11.8 Å². The standard InChI is InChI=1S/C21H17N7O5S/c1-9-4-5-11(20(30)31)6-14(9)25-18(29)10(2)34-19-13(8-23)15(12(7-22)17(24)26-19)16-21(32)33-27-28(16)3/h4-6,10H,1-3H3,(H4-,24,25,26,27,29,30,31,32)/p+1. The van der Waals surface area contributed by atoms with Gasteiger partial charge >= 0.3 is 17.3 Å². The number of nitriles is 2. The van der Waals surface area contributed by atoms with E-state index in [0.717, 1.165) is 11.8 Å².